The minimum atomic E-state index is 0.0292. The van der Waals surface area contributed by atoms with Crippen LogP contribution in [0.25, 0.3) is 0 Å². The van der Waals surface area contributed by atoms with Crippen molar-refractivity contribution in [1.29, 1.82) is 0 Å². The number of hydrogen-bond acceptors (Lipinski definition) is 4. The van der Waals surface area contributed by atoms with Gasteiger partial charge in [-0.1, -0.05) is 13.8 Å². The highest BCUT2D eigenvalue weighted by Crippen LogP contribution is 2.17. The monoisotopic (exact) mass is 263 g/mol. The molecular formula is C14H21N3O2. The average molecular weight is 263 g/mol. The highest BCUT2D eigenvalue weighted by molar-refractivity contribution is 5.76. The molecule has 104 valence electrons. The normalized spacial score (nSPS) is 19.5. The van der Waals surface area contributed by atoms with E-state index in [2.05, 4.69) is 24.0 Å². The van der Waals surface area contributed by atoms with Crippen LogP contribution < -0.4 is 4.74 Å². The Labute approximate surface area is 114 Å². The fourth-order valence-corrected chi connectivity index (χ4v) is 2.26. The first-order valence-electron chi connectivity index (χ1n) is 6.87. The van der Waals surface area contributed by atoms with Crippen molar-refractivity contribution >= 4 is 5.91 Å². The molecule has 1 aliphatic rings. The molecule has 2 heterocycles. The molecule has 1 amide bonds. The maximum absolute atomic E-state index is 12.0. The van der Waals surface area contributed by atoms with Gasteiger partial charge in [-0.15, -0.1) is 5.10 Å². The van der Waals surface area contributed by atoms with Gasteiger partial charge in [0, 0.05) is 25.2 Å². The van der Waals surface area contributed by atoms with Crippen molar-refractivity contribution in [2.24, 2.45) is 5.92 Å². The first-order valence-corrected chi connectivity index (χ1v) is 6.87. The predicted molar refractivity (Wildman–Crippen MR) is 71.7 cm³/mol. The van der Waals surface area contributed by atoms with Crippen molar-refractivity contribution in [2.75, 3.05) is 13.1 Å². The van der Waals surface area contributed by atoms with E-state index in [9.17, 15) is 4.79 Å². The number of rotatable bonds is 4. The van der Waals surface area contributed by atoms with Gasteiger partial charge in [-0.05, 0) is 24.8 Å². The van der Waals surface area contributed by atoms with Crippen LogP contribution in [0.1, 0.15) is 33.1 Å². The molecular weight excluding hydrogens is 242 g/mol. The summed E-state index contributed by atoms with van der Waals surface area (Å²) < 4.78 is 5.77. The van der Waals surface area contributed by atoms with E-state index in [4.69, 9.17) is 4.74 Å². The Kier molecular flexibility index (Phi) is 4.71. The molecule has 1 aromatic rings. The Balaban J connectivity index is 1.88. The van der Waals surface area contributed by atoms with Gasteiger partial charge in [0.1, 0.15) is 6.10 Å². The van der Waals surface area contributed by atoms with Crippen LogP contribution in [0.5, 0.6) is 5.88 Å². The van der Waals surface area contributed by atoms with E-state index in [1.54, 1.807) is 18.3 Å². The molecule has 0 bridgehead atoms. The number of amides is 1. The predicted octanol–water partition coefficient (Wildman–Crippen LogP) is 1.89. The van der Waals surface area contributed by atoms with Crippen LogP contribution in [0, 0.1) is 5.92 Å². The largest absolute Gasteiger partial charge is 0.471 e. The van der Waals surface area contributed by atoms with Crippen LogP contribution in [0.15, 0.2) is 18.3 Å². The molecule has 0 radical (unpaired) electrons. The highest BCUT2D eigenvalue weighted by Gasteiger charge is 2.25. The number of carbonyl (C=O) groups is 1. The second kappa shape index (κ2) is 6.50. The smallest absolute Gasteiger partial charge is 0.233 e. The van der Waals surface area contributed by atoms with E-state index < -0.39 is 0 Å². The molecule has 19 heavy (non-hydrogen) atoms. The van der Waals surface area contributed by atoms with E-state index in [-0.39, 0.29) is 12.0 Å². The van der Waals surface area contributed by atoms with E-state index in [0.717, 1.165) is 19.4 Å². The summed E-state index contributed by atoms with van der Waals surface area (Å²) in [4.78, 5) is 14.0. The summed E-state index contributed by atoms with van der Waals surface area (Å²) in [6.07, 6.45) is 4.20. The third-order valence-corrected chi connectivity index (χ3v) is 3.15. The molecule has 1 aliphatic heterocycles. The van der Waals surface area contributed by atoms with Crippen molar-refractivity contribution < 1.29 is 9.53 Å². The molecule has 0 aliphatic carbocycles. The van der Waals surface area contributed by atoms with Gasteiger partial charge in [-0.3, -0.25) is 4.79 Å². The molecule has 1 atom stereocenters. The van der Waals surface area contributed by atoms with Crippen molar-refractivity contribution in [1.82, 2.24) is 15.1 Å². The summed E-state index contributed by atoms with van der Waals surface area (Å²) in [6, 6.07) is 3.59. The first kappa shape index (κ1) is 13.8. The Morgan fingerprint density at radius 3 is 3.11 bits per heavy atom. The second-order valence-electron chi connectivity index (χ2n) is 5.38. The lowest BCUT2D eigenvalue weighted by atomic mass is 10.1. The second-order valence-corrected chi connectivity index (χ2v) is 5.38. The van der Waals surface area contributed by atoms with Gasteiger partial charge in [0.2, 0.25) is 11.8 Å². The summed E-state index contributed by atoms with van der Waals surface area (Å²) in [6.45, 7) is 5.62. The Morgan fingerprint density at radius 1 is 1.58 bits per heavy atom. The molecule has 0 aromatic carbocycles. The fourth-order valence-electron chi connectivity index (χ4n) is 2.26. The molecule has 0 saturated carbocycles. The quantitative estimate of drug-likeness (QED) is 0.832. The summed E-state index contributed by atoms with van der Waals surface area (Å²) >= 11 is 0. The van der Waals surface area contributed by atoms with Crippen molar-refractivity contribution in [3.8, 4) is 5.88 Å². The maximum Gasteiger partial charge on any atom is 0.233 e. The zero-order valence-corrected chi connectivity index (χ0v) is 11.6. The zero-order valence-electron chi connectivity index (χ0n) is 11.6. The Hall–Kier alpha value is -1.65. The van der Waals surface area contributed by atoms with Crippen LogP contribution in [-0.4, -0.2) is 40.2 Å². The minimum Gasteiger partial charge on any atom is -0.471 e. The van der Waals surface area contributed by atoms with Crippen LogP contribution in [-0.2, 0) is 4.79 Å². The van der Waals surface area contributed by atoms with Crippen LogP contribution in [0.2, 0.25) is 0 Å². The fraction of sp³-hybridized carbons (Fsp3) is 0.643. The minimum absolute atomic E-state index is 0.0292. The van der Waals surface area contributed by atoms with Gasteiger partial charge in [-0.25, -0.2) is 0 Å². The zero-order chi connectivity index (χ0) is 13.7. The van der Waals surface area contributed by atoms with Crippen LogP contribution >= 0.6 is 0 Å². The average Bonchev–Trinajstić information content (AvgIpc) is 2.39. The number of carbonyl (C=O) groups excluding carboxylic acids is 1. The van der Waals surface area contributed by atoms with Crippen LogP contribution in [0.3, 0.4) is 0 Å². The first-order chi connectivity index (χ1) is 9.15. The van der Waals surface area contributed by atoms with Crippen molar-refractivity contribution in [2.45, 2.75) is 39.2 Å². The number of piperidine rings is 1. The molecule has 5 heteroatoms. The molecule has 0 N–H and O–H groups in total. The number of ether oxygens (including phenoxy) is 1. The standard InChI is InChI=1S/C14H21N3O2/c1-11(2)9-14(18)17-8-4-5-12(10-17)19-13-6-3-7-15-16-13/h3,6-7,11-12H,4-5,8-10H2,1-2H3. The Bertz CT molecular complexity index is 408. The van der Waals surface area contributed by atoms with E-state index >= 15 is 0 Å². The molecule has 1 fully saturated rings. The lowest BCUT2D eigenvalue weighted by Gasteiger charge is -2.33. The van der Waals surface area contributed by atoms with Crippen molar-refractivity contribution in [3.63, 3.8) is 0 Å². The molecule has 2 rings (SSSR count). The maximum atomic E-state index is 12.0. The molecule has 1 aromatic heterocycles. The number of nitrogens with zero attached hydrogens (tertiary/aromatic N) is 3. The van der Waals surface area contributed by atoms with Gasteiger partial charge in [-0.2, -0.15) is 5.10 Å². The third kappa shape index (κ3) is 4.19. The van der Waals surface area contributed by atoms with Crippen LogP contribution in [0.4, 0.5) is 0 Å². The van der Waals surface area contributed by atoms with Gasteiger partial charge in [0.25, 0.3) is 0 Å². The Morgan fingerprint density at radius 2 is 2.42 bits per heavy atom. The molecule has 5 nitrogen and oxygen atoms in total. The third-order valence-electron chi connectivity index (χ3n) is 3.15. The SMILES string of the molecule is CC(C)CC(=O)N1CCCC(Oc2cccnn2)C1. The molecule has 1 saturated heterocycles. The van der Waals surface area contributed by atoms with Gasteiger partial charge in [0.05, 0.1) is 6.54 Å². The van der Waals surface area contributed by atoms with E-state index in [1.807, 2.05) is 4.90 Å². The highest BCUT2D eigenvalue weighted by atomic mass is 16.5. The number of likely N-dealkylation sites (tertiary alicyclic amines) is 1. The van der Waals surface area contributed by atoms with Gasteiger partial charge < -0.3 is 9.64 Å². The topological polar surface area (TPSA) is 55.3 Å². The van der Waals surface area contributed by atoms with E-state index in [1.165, 1.54) is 0 Å². The number of aromatic nitrogens is 2. The molecule has 0 spiro atoms. The summed E-state index contributed by atoms with van der Waals surface area (Å²) in [5, 5.41) is 7.70. The summed E-state index contributed by atoms with van der Waals surface area (Å²) in [7, 11) is 0. The number of hydrogen-bond donors (Lipinski definition) is 0. The summed E-state index contributed by atoms with van der Waals surface area (Å²) in [5.41, 5.74) is 0. The van der Waals surface area contributed by atoms with Crippen molar-refractivity contribution in [3.05, 3.63) is 18.3 Å². The van der Waals surface area contributed by atoms with E-state index in [0.29, 0.717) is 24.8 Å². The van der Waals surface area contributed by atoms with Gasteiger partial charge >= 0.3 is 0 Å². The molecule has 1 unspecified atom stereocenters. The van der Waals surface area contributed by atoms with Gasteiger partial charge in [0.15, 0.2) is 0 Å². The lowest BCUT2D eigenvalue weighted by molar-refractivity contribution is -0.134. The summed E-state index contributed by atoms with van der Waals surface area (Å²) in [5.74, 6) is 1.15. The lowest BCUT2D eigenvalue weighted by Crippen LogP contribution is -2.44.